The molecule has 24 heavy (non-hydrogen) atoms. The predicted molar refractivity (Wildman–Crippen MR) is 101 cm³/mol. The third-order valence-corrected chi connectivity index (χ3v) is 4.03. The Morgan fingerprint density at radius 3 is 2.50 bits per heavy atom. The van der Waals surface area contributed by atoms with Crippen LogP contribution in [0.3, 0.4) is 0 Å². The van der Waals surface area contributed by atoms with Crippen molar-refractivity contribution in [1.29, 1.82) is 0 Å². The van der Waals surface area contributed by atoms with E-state index in [0.29, 0.717) is 12.2 Å². The van der Waals surface area contributed by atoms with Crippen LogP contribution in [0.15, 0.2) is 46.8 Å². The number of alkyl halides is 3. The summed E-state index contributed by atoms with van der Waals surface area (Å²) in [6, 6.07) is 9.30. The summed E-state index contributed by atoms with van der Waals surface area (Å²) < 4.78 is 40.0. The van der Waals surface area contributed by atoms with E-state index in [9.17, 15) is 13.2 Å². The summed E-state index contributed by atoms with van der Waals surface area (Å²) in [4.78, 5) is 5.45. The normalized spacial score (nSPS) is 13.1. The Kier molecular flexibility index (Phi) is 7.80. The lowest BCUT2D eigenvalue weighted by Crippen LogP contribution is -2.23. The number of rotatable bonds is 5. The molecule has 0 amide bonds. The Morgan fingerprint density at radius 1 is 1.29 bits per heavy atom. The van der Waals surface area contributed by atoms with Crippen LogP contribution in [0.5, 0.6) is 5.75 Å². The molecule has 1 aromatic carbocycles. The molecule has 0 bridgehead atoms. The Morgan fingerprint density at radius 2 is 1.96 bits per heavy atom. The van der Waals surface area contributed by atoms with Gasteiger partial charge < -0.3 is 15.8 Å². The average molecular weight is 471 g/mol. The molecule has 3 N–H and O–H groups in total. The van der Waals surface area contributed by atoms with Gasteiger partial charge in [-0.05, 0) is 35.7 Å². The molecule has 9 heteroatoms. The summed E-state index contributed by atoms with van der Waals surface area (Å²) in [6.07, 6.45) is -4.70. The highest BCUT2D eigenvalue weighted by Crippen LogP contribution is 2.24. The van der Waals surface area contributed by atoms with Gasteiger partial charge >= 0.3 is 6.36 Å². The van der Waals surface area contributed by atoms with Gasteiger partial charge in [0.25, 0.3) is 0 Å². The lowest BCUT2D eigenvalue weighted by Gasteiger charge is -2.11. The van der Waals surface area contributed by atoms with Crippen molar-refractivity contribution in [3.05, 3.63) is 46.7 Å². The first-order valence-corrected chi connectivity index (χ1v) is 7.67. The molecule has 0 spiro atoms. The quantitative estimate of drug-likeness (QED) is 0.375. The Labute approximate surface area is 158 Å². The van der Waals surface area contributed by atoms with Crippen molar-refractivity contribution in [2.75, 3.05) is 11.9 Å². The molecule has 1 atom stereocenters. The van der Waals surface area contributed by atoms with E-state index in [-0.39, 0.29) is 41.6 Å². The van der Waals surface area contributed by atoms with Crippen LogP contribution in [0.2, 0.25) is 0 Å². The summed E-state index contributed by atoms with van der Waals surface area (Å²) in [5.41, 5.74) is 6.31. The largest absolute Gasteiger partial charge is 0.573 e. The monoisotopic (exact) mass is 471 g/mol. The number of aliphatic imine (C=N–C) groups is 1. The number of ether oxygens (including phenoxy) is 1. The van der Waals surface area contributed by atoms with Crippen molar-refractivity contribution >= 4 is 47.0 Å². The van der Waals surface area contributed by atoms with E-state index in [4.69, 9.17) is 5.73 Å². The van der Waals surface area contributed by atoms with E-state index in [2.05, 4.69) is 15.0 Å². The number of nitrogens with two attached hydrogens (primary N) is 1. The van der Waals surface area contributed by atoms with Gasteiger partial charge in [0.05, 0.1) is 6.54 Å². The van der Waals surface area contributed by atoms with Crippen molar-refractivity contribution in [3.63, 3.8) is 0 Å². The lowest BCUT2D eigenvalue weighted by atomic mass is 10.1. The van der Waals surface area contributed by atoms with E-state index < -0.39 is 6.36 Å². The van der Waals surface area contributed by atoms with Crippen LogP contribution >= 0.6 is 35.3 Å². The zero-order chi connectivity index (χ0) is 16.9. The second-order valence-corrected chi connectivity index (χ2v) is 5.82. The van der Waals surface area contributed by atoms with Gasteiger partial charge in [-0.3, -0.25) is 4.99 Å². The van der Waals surface area contributed by atoms with Gasteiger partial charge in [-0.2, -0.15) is 0 Å². The van der Waals surface area contributed by atoms with Crippen molar-refractivity contribution < 1.29 is 17.9 Å². The summed E-state index contributed by atoms with van der Waals surface area (Å²) in [7, 11) is 0. The number of hydrogen-bond donors (Lipinski definition) is 2. The molecule has 0 saturated heterocycles. The molecular weight excluding hydrogens is 454 g/mol. The number of halogens is 4. The van der Waals surface area contributed by atoms with E-state index >= 15 is 0 Å². The molecule has 0 aliphatic heterocycles. The van der Waals surface area contributed by atoms with E-state index in [1.54, 1.807) is 11.3 Å². The zero-order valence-corrected chi connectivity index (χ0v) is 15.9. The van der Waals surface area contributed by atoms with E-state index in [0.717, 1.165) is 0 Å². The molecule has 0 radical (unpaired) electrons. The smallest absolute Gasteiger partial charge is 0.406 e. The summed E-state index contributed by atoms with van der Waals surface area (Å²) in [5, 5.41) is 4.83. The Balaban J connectivity index is 0.00000288. The number of anilines is 1. The second-order valence-electron chi connectivity index (χ2n) is 4.84. The molecule has 1 heterocycles. The molecule has 4 nitrogen and oxygen atoms in total. The van der Waals surface area contributed by atoms with E-state index in [1.165, 1.54) is 29.1 Å². The first-order valence-electron chi connectivity index (χ1n) is 6.79. The highest BCUT2D eigenvalue weighted by atomic mass is 127. The van der Waals surface area contributed by atoms with Crippen LogP contribution in [-0.2, 0) is 0 Å². The lowest BCUT2D eigenvalue weighted by molar-refractivity contribution is -0.274. The van der Waals surface area contributed by atoms with Gasteiger partial charge in [0.2, 0.25) is 0 Å². The molecule has 0 fully saturated rings. The van der Waals surface area contributed by atoms with Crippen LogP contribution in [-0.4, -0.2) is 18.9 Å². The third kappa shape index (κ3) is 6.95. The number of hydrogen-bond acceptors (Lipinski definition) is 3. The molecule has 1 unspecified atom stereocenters. The molecule has 2 aromatic rings. The minimum Gasteiger partial charge on any atom is -0.406 e. The van der Waals surface area contributed by atoms with Crippen molar-refractivity contribution in [2.24, 2.45) is 10.7 Å². The molecular formula is C15H17F3IN3OS. The fourth-order valence-corrected chi connectivity index (χ4v) is 2.60. The molecule has 132 valence electrons. The fourth-order valence-electron chi connectivity index (χ4n) is 1.82. The highest BCUT2D eigenvalue weighted by Gasteiger charge is 2.30. The maximum atomic E-state index is 12.1. The summed E-state index contributed by atoms with van der Waals surface area (Å²) in [5.74, 6) is 0.167. The summed E-state index contributed by atoms with van der Waals surface area (Å²) in [6.45, 7) is 2.57. The van der Waals surface area contributed by atoms with Gasteiger partial charge in [0.15, 0.2) is 5.96 Å². The van der Waals surface area contributed by atoms with Crippen molar-refractivity contribution in [1.82, 2.24) is 0 Å². The second kappa shape index (κ2) is 9.11. The Bertz CT molecular complexity index is 645. The first kappa shape index (κ1) is 20.6. The molecule has 2 rings (SSSR count). The fraction of sp³-hybridized carbons (Fsp3) is 0.267. The number of thiophene rings is 1. The molecule has 0 aliphatic rings. The van der Waals surface area contributed by atoms with Gasteiger partial charge in [0, 0.05) is 16.5 Å². The highest BCUT2D eigenvalue weighted by molar-refractivity contribution is 14.0. The average Bonchev–Trinajstić information content (AvgIpc) is 2.99. The predicted octanol–water partition coefficient (Wildman–Crippen LogP) is 4.80. The van der Waals surface area contributed by atoms with Crippen LogP contribution in [0.25, 0.3) is 0 Å². The molecule has 0 saturated carbocycles. The molecule has 1 aromatic heterocycles. The summed E-state index contributed by atoms with van der Waals surface area (Å²) >= 11 is 1.66. The number of nitrogens with one attached hydrogen (secondary N) is 1. The topological polar surface area (TPSA) is 59.6 Å². The van der Waals surface area contributed by atoms with Gasteiger partial charge in [-0.1, -0.05) is 13.0 Å². The number of benzene rings is 1. The van der Waals surface area contributed by atoms with Gasteiger partial charge in [-0.25, -0.2) is 0 Å². The van der Waals surface area contributed by atoms with E-state index in [1.807, 2.05) is 24.4 Å². The van der Waals surface area contributed by atoms with Gasteiger partial charge in [-0.15, -0.1) is 48.5 Å². The minimum absolute atomic E-state index is 0. The first-order chi connectivity index (χ1) is 10.8. The van der Waals surface area contributed by atoms with Crippen molar-refractivity contribution in [3.8, 4) is 5.75 Å². The van der Waals surface area contributed by atoms with Crippen LogP contribution in [0, 0.1) is 0 Å². The standard InChI is InChI=1S/C15H16F3N3OS.HI/c1-10(13-3-2-8-23-13)9-20-14(19)21-11-4-6-12(7-5-11)22-15(16,17)18;/h2-8,10H,9H2,1H3,(H3,19,20,21);1H. The van der Waals surface area contributed by atoms with Crippen LogP contribution in [0.4, 0.5) is 18.9 Å². The zero-order valence-electron chi connectivity index (χ0n) is 12.7. The van der Waals surface area contributed by atoms with Crippen molar-refractivity contribution in [2.45, 2.75) is 19.2 Å². The number of nitrogens with zero attached hydrogens (tertiary/aromatic N) is 1. The maximum absolute atomic E-state index is 12.1. The van der Waals surface area contributed by atoms with Crippen LogP contribution in [0.1, 0.15) is 17.7 Å². The number of guanidine groups is 1. The van der Waals surface area contributed by atoms with Gasteiger partial charge in [0.1, 0.15) is 5.75 Å². The molecule has 0 aliphatic carbocycles. The minimum atomic E-state index is -4.70. The maximum Gasteiger partial charge on any atom is 0.573 e. The SMILES string of the molecule is CC(CN=C(N)Nc1ccc(OC(F)(F)F)cc1)c1cccs1.I. The van der Waals surface area contributed by atoms with Crippen LogP contribution < -0.4 is 15.8 Å². The Hall–Kier alpha value is -1.49. The third-order valence-electron chi connectivity index (χ3n) is 2.92.